The molecule has 0 amide bonds. The summed E-state index contributed by atoms with van der Waals surface area (Å²) in [6.07, 6.45) is 0. The Morgan fingerprint density at radius 1 is 0.500 bits per heavy atom. The van der Waals surface area contributed by atoms with E-state index in [4.69, 9.17) is 1.37 Å². The van der Waals surface area contributed by atoms with Gasteiger partial charge in [-0.1, -0.05) is 153 Å². The number of benzene rings is 8. The third kappa shape index (κ3) is 4.20. The molecule has 0 radical (unpaired) electrons. The van der Waals surface area contributed by atoms with Crippen molar-refractivity contribution in [2.24, 2.45) is 0 Å². The average molecular weight is 606 g/mol. The van der Waals surface area contributed by atoms with Crippen molar-refractivity contribution in [2.45, 2.75) is 19.8 Å². The molecule has 0 fully saturated rings. The van der Waals surface area contributed by atoms with Crippen molar-refractivity contribution in [3.05, 3.63) is 157 Å². The van der Waals surface area contributed by atoms with Crippen LogP contribution in [0.15, 0.2) is 152 Å². The topological polar surface area (TPSA) is 0 Å². The predicted octanol–water partition coefficient (Wildman–Crippen LogP) is 13.6. The van der Waals surface area contributed by atoms with Gasteiger partial charge in [0.2, 0.25) is 0 Å². The third-order valence-corrected chi connectivity index (χ3v) is 10.8. The molecule has 0 aliphatic heterocycles. The van der Waals surface area contributed by atoms with E-state index in [1.165, 1.54) is 80.7 Å². The van der Waals surface area contributed by atoms with Crippen molar-refractivity contribution in [1.82, 2.24) is 0 Å². The van der Waals surface area contributed by atoms with Crippen LogP contribution in [0.2, 0.25) is 0 Å². The lowest BCUT2D eigenvalue weighted by atomic mass is 9.84. The Kier molecular flexibility index (Phi) is 6.05. The number of rotatable bonds is 4. The number of hydrogen-bond donors (Lipinski definition) is 0. The Morgan fingerprint density at radius 2 is 1.11 bits per heavy atom. The SMILES string of the molecule is [2H]c1ccc2cc(-c3ccc(-c4c5ccccc5c(-c5ccc(C(C)C)c6sc7ccccc7c56)c5ccccc45)cc3)ccc2c1. The van der Waals surface area contributed by atoms with Gasteiger partial charge in [-0.25, -0.2) is 0 Å². The van der Waals surface area contributed by atoms with Gasteiger partial charge in [0.05, 0.1) is 1.37 Å². The quantitative estimate of drug-likeness (QED) is 0.175. The monoisotopic (exact) mass is 605 g/mol. The molecule has 1 aromatic heterocycles. The maximum atomic E-state index is 7.96. The molecule has 0 aliphatic carbocycles. The van der Waals surface area contributed by atoms with Gasteiger partial charge in [0.15, 0.2) is 0 Å². The zero-order valence-corrected chi connectivity index (χ0v) is 26.7. The van der Waals surface area contributed by atoms with Crippen molar-refractivity contribution < 1.29 is 1.37 Å². The third-order valence-electron chi connectivity index (χ3n) is 9.57. The Morgan fingerprint density at radius 3 is 1.80 bits per heavy atom. The summed E-state index contributed by atoms with van der Waals surface area (Å²) >= 11 is 1.93. The highest BCUT2D eigenvalue weighted by Gasteiger charge is 2.21. The van der Waals surface area contributed by atoms with Crippen LogP contribution in [0.25, 0.3) is 85.9 Å². The van der Waals surface area contributed by atoms with Gasteiger partial charge in [0, 0.05) is 20.2 Å². The Balaban J connectivity index is 1.28. The first-order valence-corrected chi connectivity index (χ1v) is 16.9. The van der Waals surface area contributed by atoms with E-state index in [1.54, 1.807) is 0 Å². The lowest BCUT2D eigenvalue weighted by molar-refractivity contribution is 0.878. The van der Waals surface area contributed by atoms with Crippen LogP contribution in [0, 0.1) is 0 Å². The summed E-state index contributed by atoms with van der Waals surface area (Å²) in [6.45, 7) is 4.61. The fourth-order valence-corrected chi connectivity index (χ4v) is 8.77. The van der Waals surface area contributed by atoms with E-state index in [2.05, 4.69) is 141 Å². The van der Waals surface area contributed by atoms with Crippen molar-refractivity contribution in [2.75, 3.05) is 0 Å². The zero-order valence-electron chi connectivity index (χ0n) is 26.8. The molecule has 9 rings (SSSR count). The molecule has 0 saturated carbocycles. The molecule has 0 aliphatic rings. The van der Waals surface area contributed by atoms with E-state index in [0.29, 0.717) is 12.0 Å². The summed E-state index contributed by atoms with van der Waals surface area (Å²) in [5.41, 5.74) is 8.91. The molecule has 8 aromatic carbocycles. The molecular formula is C45H32S. The highest BCUT2D eigenvalue weighted by Crippen LogP contribution is 2.49. The molecule has 0 spiro atoms. The van der Waals surface area contributed by atoms with Gasteiger partial charge in [-0.3, -0.25) is 0 Å². The first-order valence-electron chi connectivity index (χ1n) is 16.5. The smallest absolute Gasteiger partial charge is 0.0623 e. The summed E-state index contributed by atoms with van der Waals surface area (Å²) in [6, 6.07) is 53.5. The van der Waals surface area contributed by atoms with E-state index in [0.717, 1.165) is 10.8 Å². The highest BCUT2D eigenvalue weighted by atomic mass is 32.1. The number of thiophene rings is 1. The van der Waals surface area contributed by atoms with Crippen LogP contribution in [-0.4, -0.2) is 0 Å². The first kappa shape index (κ1) is 26.0. The van der Waals surface area contributed by atoms with Crippen LogP contribution >= 0.6 is 11.3 Å². The second-order valence-electron chi connectivity index (χ2n) is 12.6. The van der Waals surface area contributed by atoms with Crippen LogP contribution in [0.4, 0.5) is 0 Å². The van der Waals surface area contributed by atoms with Gasteiger partial charge in [0.25, 0.3) is 0 Å². The van der Waals surface area contributed by atoms with Gasteiger partial charge < -0.3 is 0 Å². The minimum atomic E-state index is 0.448. The fourth-order valence-electron chi connectivity index (χ4n) is 7.38. The van der Waals surface area contributed by atoms with E-state index in [1.807, 2.05) is 29.5 Å². The van der Waals surface area contributed by atoms with Crippen LogP contribution in [0.3, 0.4) is 0 Å². The molecule has 0 saturated heterocycles. The molecule has 1 heterocycles. The molecule has 0 bridgehead atoms. The molecule has 0 nitrogen and oxygen atoms in total. The molecule has 0 unspecified atom stereocenters. The second kappa shape index (κ2) is 10.7. The van der Waals surface area contributed by atoms with Gasteiger partial charge in [-0.05, 0) is 89.3 Å². The van der Waals surface area contributed by atoms with E-state index in [-0.39, 0.29) is 0 Å². The van der Waals surface area contributed by atoms with Crippen molar-refractivity contribution in [1.29, 1.82) is 0 Å². The highest BCUT2D eigenvalue weighted by molar-refractivity contribution is 7.26. The molecule has 1 heteroatoms. The van der Waals surface area contributed by atoms with Crippen molar-refractivity contribution in [3.8, 4) is 33.4 Å². The van der Waals surface area contributed by atoms with Crippen LogP contribution in [0.1, 0.15) is 26.7 Å². The Labute approximate surface area is 274 Å². The maximum Gasteiger partial charge on any atom is 0.0623 e. The molecule has 46 heavy (non-hydrogen) atoms. The second-order valence-corrected chi connectivity index (χ2v) is 13.6. The largest absolute Gasteiger partial charge is 0.135 e. The molecule has 0 N–H and O–H groups in total. The van der Waals surface area contributed by atoms with Crippen molar-refractivity contribution >= 4 is 63.8 Å². The van der Waals surface area contributed by atoms with Gasteiger partial charge in [-0.2, -0.15) is 0 Å². The lowest BCUT2D eigenvalue weighted by Gasteiger charge is -2.19. The summed E-state index contributed by atoms with van der Waals surface area (Å²) in [5.74, 6) is 0.448. The molecule has 218 valence electrons. The van der Waals surface area contributed by atoms with Gasteiger partial charge in [0.1, 0.15) is 0 Å². The van der Waals surface area contributed by atoms with E-state index >= 15 is 0 Å². The van der Waals surface area contributed by atoms with Crippen molar-refractivity contribution in [3.63, 3.8) is 0 Å². The summed E-state index contributed by atoms with van der Waals surface area (Å²) < 4.78 is 10.7. The minimum absolute atomic E-state index is 0.448. The molecule has 0 atom stereocenters. The van der Waals surface area contributed by atoms with Gasteiger partial charge >= 0.3 is 0 Å². The Bertz CT molecular complexity index is 2600. The zero-order chi connectivity index (χ0) is 31.6. The maximum absolute atomic E-state index is 7.96. The average Bonchev–Trinajstić information content (AvgIpc) is 3.50. The number of fused-ring (bicyclic) bond motifs is 6. The summed E-state index contributed by atoms with van der Waals surface area (Å²) in [4.78, 5) is 0. The summed E-state index contributed by atoms with van der Waals surface area (Å²) in [7, 11) is 0. The first-order chi connectivity index (χ1) is 23.0. The van der Waals surface area contributed by atoms with Crippen LogP contribution in [0.5, 0.6) is 0 Å². The van der Waals surface area contributed by atoms with Gasteiger partial charge in [-0.15, -0.1) is 11.3 Å². The van der Waals surface area contributed by atoms with E-state index in [9.17, 15) is 0 Å². The Hall–Kier alpha value is -5.24. The summed E-state index contributed by atoms with van der Waals surface area (Å²) in [5, 5.41) is 10.1. The molecule has 9 aromatic rings. The number of hydrogen-bond acceptors (Lipinski definition) is 1. The van der Waals surface area contributed by atoms with Crippen LogP contribution in [-0.2, 0) is 0 Å². The van der Waals surface area contributed by atoms with E-state index < -0.39 is 0 Å². The minimum Gasteiger partial charge on any atom is -0.135 e. The normalized spacial score (nSPS) is 12.2. The predicted molar refractivity (Wildman–Crippen MR) is 202 cm³/mol. The standard InChI is InChI=1S/C45H32S/c1-28(2)34-25-26-40(44-39-17-9-10-18-41(39)46-45(34)44)43-37-15-7-5-13-35(37)42(36-14-6-8-16-38(36)43)31-22-19-30(20-23-31)33-24-21-29-11-3-4-12-32(29)27-33/h3-28H,1-2H3/i3D. The molecular weight excluding hydrogens is 573 g/mol. The van der Waals surface area contributed by atoms with Crippen LogP contribution < -0.4 is 0 Å². The fraction of sp³-hybridized carbons (Fsp3) is 0.0667. The lowest BCUT2D eigenvalue weighted by Crippen LogP contribution is -1.93.